The highest BCUT2D eigenvalue weighted by Gasteiger charge is 2.21. The van der Waals surface area contributed by atoms with Gasteiger partial charge in [-0.3, -0.25) is 4.98 Å². The smallest absolute Gasteiger partial charge is 0.411 e. The Morgan fingerprint density at radius 1 is 1.19 bits per heavy atom. The maximum absolute atomic E-state index is 11.5. The Bertz CT molecular complexity index is 1050. The van der Waals surface area contributed by atoms with Crippen molar-refractivity contribution in [2.45, 2.75) is 6.42 Å². The van der Waals surface area contributed by atoms with Crippen molar-refractivity contribution >= 4 is 6.09 Å². The molecule has 4 heterocycles. The molecule has 0 aliphatic heterocycles. The van der Waals surface area contributed by atoms with E-state index < -0.39 is 6.09 Å². The van der Waals surface area contributed by atoms with E-state index in [-0.39, 0.29) is 11.7 Å². The summed E-state index contributed by atoms with van der Waals surface area (Å²) in [7, 11) is 0. The lowest BCUT2D eigenvalue weighted by Gasteiger charge is -2.14. The third-order valence-electron chi connectivity index (χ3n) is 3.71. The second-order valence-corrected chi connectivity index (χ2v) is 5.54. The van der Waals surface area contributed by atoms with E-state index in [0.29, 0.717) is 23.6 Å². The minimum absolute atomic E-state index is 0.0400. The average Bonchev–Trinajstić information content (AvgIpc) is 3.37. The first kappa shape index (κ1) is 16.5. The van der Waals surface area contributed by atoms with E-state index in [1.807, 2.05) is 12.1 Å². The Balaban J connectivity index is 1.91. The van der Waals surface area contributed by atoms with Gasteiger partial charge in [-0.15, -0.1) is 0 Å². The van der Waals surface area contributed by atoms with Crippen LogP contribution in [0.15, 0.2) is 65.8 Å². The van der Waals surface area contributed by atoms with Gasteiger partial charge in [-0.1, -0.05) is 6.07 Å². The third-order valence-corrected chi connectivity index (χ3v) is 3.71. The number of ether oxygens (including phenoxy) is 1. The van der Waals surface area contributed by atoms with Crippen molar-refractivity contribution in [3.63, 3.8) is 0 Å². The number of rotatable bonds is 5. The quantitative estimate of drug-likeness (QED) is 0.578. The van der Waals surface area contributed by atoms with Gasteiger partial charge < -0.3 is 14.9 Å². The van der Waals surface area contributed by atoms with Gasteiger partial charge in [0.2, 0.25) is 11.7 Å². The summed E-state index contributed by atoms with van der Waals surface area (Å²) in [5.74, 6) is 1.15. The van der Waals surface area contributed by atoms with E-state index in [2.05, 4.69) is 20.1 Å². The molecule has 0 radical (unpaired) electrons. The highest BCUT2D eigenvalue weighted by atomic mass is 16.6. The van der Waals surface area contributed by atoms with Crippen LogP contribution in [0.4, 0.5) is 4.79 Å². The number of hydrogen-bond acceptors (Lipinski definition) is 7. The van der Waals surface area contributed by atoms with Gasteiger partial charge >= 0.3 is 6.09 Å². The minimum Gasteiger partial charge on any atom is -0.461 e. The fourth-order valence-corrected chi connectivity index (χ4v) is 2.59. The molecule has 1 amide bonds. The van der Waals surface area contributed by atoms with E-state index in [1.165, 1.54) is 6.26 Å². The van der Waals surface area contributed by atoms with Crippen LogP contribution in [0.25, 0.3) is 17.4 Å². The van der Waals surface area contributed by atoms with Crippen LogP contribution < -0.4 is 10.5 Å². The molecule has 0 fully saturated rings. The van der Waals surface area contributed by atoms with Crippen LogP contribution in [0, 0.1) is 0 Å². The number of primary amides is 1. The predicted octanol–water partition coefficient (Wildman–Crippen LogP) is 2.37. The SMILES string of the molecule is NC(=O)Oc1nc(-c2ccco2)nc(-n2cccn2)c1Cc1cccnc1. The second kappa shape index (κ2) is 7.08. The molecular formula is C18H14N6O3. The van der Waals surface area contributed by atoms with Crippen LogP contribution in [-0.2, 0) is 6.42 Å². The van der Waals surface area contributed by atoms with Gasteiger partial charge in [0, 0.05) is 31.2 Å². The topological polar surface area (TPSA) is 122 Å². The van der Waals surface area contributed by atoms with Gasteiger partial charge in [-0.05, 0) is 29.8 Å². The van der Waals surface area contributed by atoms with E-state index in [4.69, 9.17) is 14.9 Å². The number of nitrogens with two attached hydrogens (primary N) is 1. The van der Waals surface area contributed by atoms with Crippen LogP contribution in [-0.4, -0.2) is 30.8 Å². The summed E-state index contributed by atoms with van der Waals surface area (Å²) in [6.45, 7) is 0. The Morgan fingerprint density at radius 2 is 2.11 bits per heavy atom. The average molecular weight is 362 g/mol. The summed E-state index contributed by atoms with van der Waals surface area (Å²) in [5, 5.41) is 4.24. The van der Waals surface area contributed by atoms with E-state index in [9.17, 15) is 4.79 Å². The summed E-state index contributed by atoms with van der Waals surface area (Å²) in [6.07, 6.45) is 7.63. The van der Waals surface area contributed by atoms with Gasteiger partial charge in [0.1, 0.15) is 0 Å². The number of furan rings is 1. The van der Waals surface area contributed by atoms with Crippen LogP contribution in [0.2, 0.25) is 0 Å². The zero-order chi connectivity index (χ0) is 18.6. The number of amides is 1. The van der Waals surface area contributed by atoms with Gasteiger partial charge in [0.15, 0.2) is 11.6 Å². The van der Waals surface area contributed by atoms with Crippen LogP contribution in [0.5, 0.6) is 5.88 Å². The van der Waals surface area contributed by atoms with Crippen molar-refractivity contribution < 1.29 is 13.9 Å². The zero-order valence-electron chi connectivity index (χ0n) is 14.0. The van der Waals surface area contributed by atoms with Crippen molar-refractivity contribution in [3.05, 3.63) is 72.5 Å². The maximum Gasteiger partial charge on any atom is 0.411 e. The molecule has 4 aromatic rings. The predicted molar refractivity (Wildman–Crippen MR) is 94.1 cm³/mol. The number of nitrogens with zero attached hydrogens (tertiary/aromatic N) is 5. The lowest BCUT2D eigenvalue weighted by molar-refractivity contribution is 0.208. The van der Waals surface area contributed by atoms with Crippen LogP contribution in [0.3, 0.4) is 0 Å². The lowest BCUT2D eigenvalue weighted by atomic mass is 10.1. The minimum atomic E-state index is -0.974. The molecule has 27 heavy (non-hydrogen) atoms. The van der Waals surface area contributed by atoms with E-state index >= 15 is 0 Å². The van der Waals surface area contributed by atoms with Crippen molar-refractivity contribution in [2.75, 3.05) is 0 Å². The monoisotopic (exact) mass is 362 g/mol. The summed E-state index contributed by atoms with van der Waals surface area (Å²) in [4.78, 5) is 24.5. The zero-order valence-corrected chi connectivity index (χ0v) is 14.0. The highest BCUT2D eigenvalue weighted by Crippen LogP contribution is 2.28. The van der Waals surface area contributed by atoms with Crippen molar-refractivity contribution in [3.8, 4) is 23.3 Å². The number of pyridine rings is 1. The normalized spacial score (nSPS) is 10.7. The molecule has 2 N–H and O–H groups in total. The van der Waals surface area contributed by atoms with E-state index in [1.54, 1.807) is 47.7 Å². The Labute approximate surface area is 153 Å². The standard InChI is InChI=1S/C18H14N6O3/c19-18(25)27-17-13(10-12-4-1-6-20-11-12)16(24-8-3-7-21-24)22-15(23-17)14-5-2-9-26-14/h1-9,11H,10H2,(H2,19,25). The molecule has 0 atom stereocenters. The lowest BCUT2D eigenvalue weighted by Crippen LogP contribution is -2.20. The molecule has 134 valence electrons. The third kappa shape index (κ3) is 3.52. The molecule has 0 aliphatic carbocycles. The number of hydrogen-bond donors (Lipinski definition) is 1. The Morgan fingerprint density at radius 3 is 2.78 bits per heavy atom. The van der Waals surface area contributed by atoms with Gasteiger partial charge in [0.25, 0.3) is 0 Å². The first-order valence-electron chi connectivity index (χ1n) is 8.01. The maximum atomic E-state index is 11.5. The molecule has 9 heteroatoms. The van der Waals surface area contributed by atoms with Gasteiger partial charge in [0.05, 0.1) is 11.8 Å². The highest BCUT2D eigenvalue weighted by molar-refractivity contribution is 5.69. The molecule has 9 nitrogen and oxygen atoms in total. The molecular weight excluding hydrogens is 348 g/mol. The molecule has 0 unspecified atom stereocenters. The summed E-state index contributed by atoms with van der Waals surface area (Å²) in [6, 6.07) is 8.89. The first-order valence-corrected chi connectivity index (χ1v) is 8.01. The molecule has 0 spiro atoms. The van der Waals surface area contributed by atoms with Crippen LogP contribution >= 0.6 is 0 Å². The molecule has 0 bridgehead atoms. The van der Waals surface area contributed by atoms with Crippen molar-refractivity contribution in [1.82, 2.24) is 24.7 Å². The molecule has 0 aromatic carbocycles. The van der Waals surface area contributed by atoms with Crippen molar-refractivity contribution in [1.29, 1.82) is 0 Å². The second-order valence-electron chi connectivity index (χ2n) is 5.54. The fourth-order valence-electron chi connectivity index (χ4n) is 2.59. The summed E-state index contributed by atoms with van der Waals surface area (Å²) in [5.41, 5.74) is 6.67. The fraction of sp³-hybridized carbons (Fsp3) is 0.0556. The number of carbonyl (C=O) groups excluding carboxylic acids is 1. The van der Waals surface area contributed by atoms with Crippen LogP contribution in [0.1, 0.15) is 11.1 Å². The number of carbonyl (C=O) groups is 1. The first-order chi connectivity index (χ1) is 13.2. The molecule has 0 saturated carbocycles. The van der Waals surface area contributed by atoms with E-state index in [0.717, 1.165) is 5.56 Å². The Kier molecular flexibility index (Phi) is 4.32. The number of aromatic nitrogens is 5. The molecule has 0 saturated heterocycles. The largest absolute Gasteiger partial charge is 0.461 e. The Hall–Kier alpha value is -4.01. The summed E-state index contributed by atoms with van der Waals surface area (Å²) >= 11 is 0. The molecule has 4 rings (SSSR count). The van der Waals surface area contributed by atoms with Gasteiger partial charge in [-0.2, -0.15) is 10.1 Å². The molecule has 4 aromatic heterocycles. The van der Waals surface area contributed by atoms with Crippen molar-refractivity contribution in [2.24, 2.45) is 5.73 Å². The van der Waals surface area contributed by atoms with Gasteiger partial charge in [-0.25, -0.2) is 14.5 Å². The molecule has 0 aliphatic rings. The summed E-state index contributed by atoms with van der Waals surface area (Å²) < 4.78 is 12.1.